The third kappa shape index (κ3) is 3.03. The molecule has 0 atom stereocenters. The van der Waals surface area contributed by atoms with Crippen molar-refractivity contribution in [3.8, 4) is 22.3 Å². The van der Waals surface area contributed by atoms with Crippen LogP contribution in [0.5, 0.6) is 0 Å². The van der Waals surface area contributed by atoms with Gasteiger partial charge >= 0.3 is 0 Å². The van der Waals surface area contributed by atoms with Crippen molar-refractivity contribution in [1.29, 1.82) is 0 Å². The summed E-state index contributed by atoms with van der Waals surface area (Å²) in [5.41, 5.74) is 9.00. The molecule has 43 heavy (non-hydrogen) atoms. The van der Waals surface area contributed by atoms with Gasteiger partial charge in [0.25, 0.3) is 0 Å². The fourth-order valence-electron chi connectivity index (χ4n) is 7.25. The lowest BCUT2D eigenvalue weighted by Crippen LogP contribution is -1.92. The van der Waals surface area contributed by atoms with E-state index in [0.717, 1.165) is 60.4 Å². The molecule has 7 aromatic carbocycles. The van der Waals surface area contributed by atoms with Gasteiger partial charge in [0, 0.05) is 38.6 Å². The predicted molar refractivity (Wildman–Crippen MR) is 177 cm³/mol. The molecule has 10 aromatic rings. The van der Waals surface area contributed by atoms with Gasteiger partial charge in [0.1, 0.15) is 27.9 Å². The molecule has 3 heteroatoms. The zero-order valence-electron chi connectivity index (χ0n) is 22.9. The van der Waals surface area contributed by atoms with Crippen LogP contribution in [0.3, 0.4) is 0 Å². The van der Waals surface area contributed by atoms with Gasteiger partial charge in [0.2, 0.25) is 0 Å². The summed E-state index contributed by atoms with van der Waals surface area (Å²) in [6.07, 6.45) is 1.78. The summed E-state index contributed by atoms with van der Waals surface area (Å²) in [4.78, 5) is 0. The van der Waals surface area contributed by atoms with Gasteiger partial charge in [-0.2, -0.15) is 0 Å². The van der Waals surface area contributed by atoms with Crippen molar-refractivity contribution in [1.82, 2.24) is 0 Å². The fourth-order valence-corrected chi connectivity index (χ4v) is 7.25. The minimum absolute atomic E-state index is 0.813. The highest BCUT2D eigenvalue weighted by molar-refractivity contribution is 6.31. The number of furan rings is 3. The van der Waals surface area contributed by atoms with E-state index in [4.69, 9.17) is 13.3 Å². The van der Waals surface area contributed by atoms with Crippen LogP contribution in [0.2, 0.25) is 0 Å². The molecule has 0 N–H and O–H groups in total. The van der Waals surface area contributed by atoms with E-state index in [9.17, 15) is 0 Å². The molecule has 0 radical (unpaired) electrons. The van der Waals surface area contributed by atoms with Crippen LogP contribution in [0.15, 0.2) is 147 Å². The van der Waals surface area contributed by atoms with E-state index in [1.807, 2.05) is 30.3 Å². The number of hydrogen-bond donors (Lipinski definition) is 0. The van der Waals surface area contributed by atoms with Crippen LogP contribution in [0.4, 0.5) is 0 Å². The SMILES string of the molecule is c1ccc2c(c1)oc1cccc(-c3c4ccccc4c(-c4c5ccoc5cc5oc6ccccc6c45)c4ccccc34)c12. The second-order valence-corrected chi connectivity index (χ2v) is 11.2. The average molecular weight is 551 g/mol. The van der Waals surface area contributed by atoms with Crippen LogP contribution in [-0.4, -0.2) is 0 Å². The molecular formula is C40H22O3. The van der Waals surface area contributed by atoms with Crippen LogP contribution in [-0.2, 0) is 0 Å². The summed E-state index contributed by atoms with van der Waals surface area (Å²) in [5, 5.41) is 10.3. The first-order chi connectivity index (χ1) is 21.3. The van der Waals surface area contributed by atoms with Crippen LogP contribution < -0.4 is 0 Å². The van der Waals surface area contributed by atoms with Gasteiger partial charge in [0.15, 0.2) is 0 Å². The zero-order chi connectivity index (χ0) is 28.1. The Kier molecular flexibility index (Phi) is 4.45. The average Bonchev–Trinajstić information content (AvgIpc) is 3.78. The molecule has 0 aliphatic carbocycles. The number of para-hydroxylation sites is 2. The lowest BCUT2D eigenvalue weighted by Gasteiger charge is -2.19. The monoisotopic (exact) mass is 550 g/mol. The number of hydrogen-bond acceptors (Lipinski definition) is 3. The number of benzene rings is 7. The Morgan fingerprint density at radius 2 is 0.860 bits per heavy atom. The highest BCUT2D eigenvalue weighted by Gasteiger charge is 2.24. The molecule has 0 aliphatic rings. The van der Waals surface area contributed by atoms with Crippen molar-refractivity contribution in [3.63, 3.8) is 0 Å². The van der Waals surface area contributed by atoms with Crippen molar-refractivity contribution < 1.29 is 13.3 Å². The Morgan fingerprint density at radius 1 is 0.326 bits per heavy atom. The zero-order valence-corrected chi connectivity index (χ0v) is 22.9. The Balaban J connectivity index is 1.44. The minimum Gasteiger partial charge on any atom is -0.464 e. The Hall–Kier alpha value is -5.80. The predicted octanol–water partition coefficient (Wildman–Crippen LogP) is 11.9. The summed E-state index contributed by atoms with van der Waals surface area (Å²) in [7, 11) is 0. The summed E-state index contributed by atoms with van der Waals surface area (Å²) in [6.45, 7) is 0. The van der Waals surface area contributed by atoms with E-state index >= 15 is 0 Å². The van der Waals surface area contributed by atoms with E-state index in [1.165, 1.54) is 38.2 Å². The van der Waals surface area contributed by atoms with Gasteiger partial charge in [-0.3, -0.25) is 0 Å². The maximum atomic E-state index is 6.42. The van der Waals surface area contributed by atoms with E-state index in [0.29, 0.717) is 0 Å². The first kappa shape index (κ1) is 22.8. The second kappa shape index (κ2) is 8.37. The van der Waals surface area contributed by atoms with Crippen LogP contribution in [0.25, 0.3) is 98.6 Å². The van der Waals surface area contributed by atoms with Crippen molar-refractivity contribution in [2.24, 2.45) is 0 Å². The molecule has 3 nitrogen and oxygen atoms in total. The van der Waals surface area contributed by atoms with Gasteiger partial charge in [0.05, 0.1) is 6.26 Å². The second-order valence-electron chi connectivity index (χ2n) is 11.2. The quantitative estimate of drug-likeness (QED) is 0.201. The molecule has 3 heterocycles. The van der Waals surface area contributed by atoms with Crippen molar-refractivity contribution in [2.45, 2.75) is 0 Å². The number of fused-ring (bicyclic) bond motifs is 9. The third-order valence-corrected chi connectivity index (χ3v) is 8.95. The van der Waals surface area contributed by atoms with Crippen LogP contribution in [0, 0.1) is 0 Å². The number of rotatable bonds is 2. The molecule has 0 aliphatic heterocycles. The van der Waals surface area contributed by atoms with Crippen molar-refractivity contribution >= 4 is 76.4 Å². The lowest BCUT2D eigenvalue weighted by molar-refractivity contribution is 0.613. The molecule has 0 saturated carbocycles. The summed E-state index contributed by atoms with van der Waals surface area (Å²) in [6, 6.07) is 44.7. The van der Waals surface area contributed by atoms with Crippen LogP contribution >= 0.6 is 0 Å². The van der Waals surface area contributed by atoms with Gasteiger partial charge < -0.3 is 13.3 Å². The highest BCUT2D eigenvalue weighted by atomic mass is 16.3. The summed E-state index contributed by atoms with van der Waals surface area (Å²) >= 11 is 0. The Morgan fingerprint density at radius 3 is 1.53 bits per heavy atom. The van der Waals surface area contributed by atoms with E-state index in [-0.39, 0.29) is 0 Å². The normalized spacial score (nSPS) is 12.2. The van der Waals surface area contributed by atoms with Gasteiger partial charge in [-0.15, -0.1) is 0 Å². The van der Waals surface area contributed by atoms with E-state index in [1.54, 1.807) is 6.26 Å². The summed E-state index contributed by atoms with van der Waals surface area (Å²) < 4.78 is 18.8. The first-order valence-corrected chi connectivity index (χ1v) is 14.5. The summed E-state index contributed by atoms with van der Waals surface area (Å²) in [5.74, 6) is 0. The Bertz CT molecular complexity index is 2680. The molecule has 0 spiro atoms. The maximum Gasteiger partial charge on any atom is 0.139 e. The van der Waals surface area contributed by atoms with Gasteiger partial charge in [-0.05, 0) is 62.5 Å². The molecule has 0 bridgehead atoms. The standard InChI is InChI=1S/C40H22O3/c1-3-12-25-23(10-1)36(30-16-9-19-33-37(30)27-14-5-7-17-31(27)42-33)24-11-2-4-13-26(24)38(25)40-29-20-21-41-34(29)22-35-39(40)28-15-6-8-18-32(28)43-35/h1-22H. The fraction of sp³-hybridized carbons (Fsp3) is 0. The smallest absolute Gasteiger partial charge is 0.139 e. The van der Waals surface area contributed by atoms with E-state index < -0.39 is 0 Å². The molecular weight excluding hydrogens is 528 g/mol. The maximum absolute atomic E-state index is 6.42. The lowest BCUT2D eigenvalue weighted by atomic mass is 9.83. The van der Waals surface area contributed by atoms with E-state index in [2.05, 4.69) is 97.1 Å². The minimum atomic E-state index is 0.813. The molecule has 10 rings (SSSR count). The van der Waals surface area contributed by atoms with Crippen LogP contribution in [0.1, 0.15) is 0 Å². The van der Waals surface area contributed by atoms with Gasteiger partial charge in [-0.25, -0.2) is 0 Å². The Labute approximate surface area is 245 Å². The largest absolute Gasteiger partial charge is 0.464 e. The third-order valence-electron chi connectivity index (χ3n) is 8.95. The first-order valence-electron chi connectivity index (χ1n) is 14.5. The molecule has 0 amide bonds. The van der Waals surface area contributed by atoms with Crippen molar-refractivity contribution in [3.05, 3.63) is 134 Å². The van der Waals surface area contributed by atoms with Crippen molar-refractivity contribution in [2.75, 3.05) is 0 Å². The van der Waals surface area contributed by atoms with Gasteiger partial charge in [-0.1, -0.05) is 97.1 Å². The molecule has 200 valence electrons. The highest BCUT2D eigenvalue weighted by Crippen LogP contribution is 2.50. The molecule has 0 unspecified atom stereocenters. The molecule has 0 fully saturated rings. The topological polar surface area (TPSA) is 39.4 Å². The molecule has 0 saturated heterocycles. The molecule has 3 aromatic heterocycles.